The van der Waals surface area contributed by atoms with Gasteiger partial charge in [-0.2, -0.15) is 0 Å². The maximum absolute atomic E-state index is 12.8. The molecule has 0 spiro atoms. The highest BCUT2D eigenvalue weighted by molar-refractivity contribution is 5.94. The van der Waals surface area contributed by atoms with Crippen molar-refractivity contribution in [1.29, 1.82) is 0 Å². The van der Waals surface area contributed by atoms with Crippen molar-refractivity contribution in [2.45, 2.75) is 58.2 Å². The molecule has 2 amide bonds. The predicted octanol–water partition coefficient (Wildman–Crippen LogP) is 1.92. The van der Waals surface area contributed by atoms with Crippen LogP contribution in [0.25, 0.3) is 0 Å². The number of hydrogen-bond donors (Lipinski definition) is 1. The van der Waals surface area contributed by atoms with Gasteiger partial charge in [-0.25, -0.2) is 4.79 Å². The van der Waals surface area contributed by atoms with Gasteiger partial charge in [0.2, 0.25) is 11.8 Å². The van der Waals surface area contributed by atoms with Crippen LogP contribution in [0.4, 0.5) is 0 Å². The van der Waals surface area contributed by atoms with E-state index in [9.17, 15) is 14.4 Å². The zero-order valence-electron chi connectivity index (χ0n) is 16.1. The minimum absolute atomic E-state index is 0.173. The van der Waals surface area contributed by atoms with Crippen LogP contribution in [-0.4, -0.2) is 47.4 Å². The molecule has 0 radical (unpaired) electrons. The average Bonchev–Trinajstić information content (AvgIpc) is 2.85. The van der Waals surface area contributed by atoms with Crippen LogP contribution in [0.3, 0.4) is 0 Å². The molecular weight excluding hydrogens is 332 g/mol. The highest BCUT2D eigenvalue weighted by Gasteiger charge is 2.47. The number of ether oxygens (including phenoxy) is 1. The summed E-state index contributed by atoms with van der Waals surface area (Å²) in [5, 5.41) is 2.93. The Morgan fingerprint density at radius 2 is 1.88 bits per heavy atom. The van der Waals surface area contributed by atoms with Crippen molar-refractivity contribution in [3.63, 3.8) is 0 Å². The quantitative estimate of drug-likeness (QED) is 0.814. The van der Waals surface area contributed by atoms with Gasteiger partial charge in [0.25, 0.3) is 0 Å². The van der Waals surface area contributed by atoms with Crippen LogP contribution in [0.2, 0.25) is 0 Å². The van der Waals surface area contributed by atoms with Crippen LogP contribution in [0.1, 0.15) is 39.7 Å². The van der Waals surface area contributed by atoms with Crippen molar-refractivity contribution >= 4 is 17.8 Å². The van der Waals surface area contributed by atoms with Gasteiger partial charge in [-0.1, -0.05) is 37.3 Å². The highest BCUT2D eigenvalue weighted by atomic mass is 16.5. The number of carbonyl (C=O) groups is 3. The Labute approximate surface area is 154 Å². The van der Waals surface area contributed by atoms with Crippen molar-refractivity contribution in [3.8, 4) is 0 Å². The van der Waals surface area contributed by atoms with Crippen molar-refractivity contribution in [3.05, 3.63) is 35.9 Å². The summed E-state index contributed by atoms with van der Waals surface area (Å²) in [5.41, 5.74) is 0.485. The predicted molar refractivity (Wildman–Crippen MR) is 98.3 cm³/mol. The topological polar surface area (TPSA) is 75.7 Å². The lowest BCUT2D eigenvalue weighted by Crippen LogP contribution is -2.57. The van der Waals surface area contributed by atoms with Crippen LogP contribution >= 0.6 is 0 Å². The molecule has 1 aliphatic heterocycles. The first-order chi connectivity index (χ1) is 12.1. The van der Waals surface area contributed by atoms with Gasteiger partial charge in [-0.3, -0.25) is 9.59 Å². The highest BCUT2D eigenvalue weighted by Crippen LogP contribution is 2.29. The van der Waals surface area contributed by atoms with E-state index >= 15 is 0 Å². The van der Waals surface area contributed by atoms with Crippen molar-refractivity contribution < 1.29 is 19.1 Å². The molecule has 1 aromatic rings. The van der Waals surface area contributed by atoms with Crippen LogP contribution in [0.5, 0.6) is 0 Å². The molecule has 1 aromatic carbocycles. The molecule has 1 N–H and O–H groups in total. The zero-order chi connectivity index (χ0) is 19.5. The average molecular weight is 360 g/mol. The lowest BCUT2D eigenvalue weighted by Gasteiger charge is -2.34. The number of hydrogen-bond acceptors (Lipinski definition) is 4. The summed E-state index contributed by atoms with van der Waals surface area (Å²) in [6, 6.07) is 7.92. The molecule has 2 rings (SSSR count). The molecule has 1 unspecified atom stereocenters. The Balaban J connectivity index is 2.34. The minimum Gasteiger partial charge on any atom is -0.467 e. The fraction of sp³-hybridized carbons (Fsp3) is 0.550. The number of amides is 2. The third-order valence-corrected chi connectivity index (χ3v) is 4.47. The molecule has 0 aliphatic carbocycles. The van der Waals surface area contributed by atoms with E-state index in [1.165, 1.54) is 12.0 Å². The minimum atomic E-state index is -0.824. The third-order valence-electron chi connectivity index (χ3n) is 4.47. The second kappa shape index (κ2) is 7.89. The Morgan fingerprint density at radius 3 is 2.42 bits per heavy atom. The molecule has 1 saturated heterocycles. The van der Waals surface area contributed by atoms with E-state index in [0.29, 0.717) is 6.42 Å². The van der Waals surface area contributed by atoms with E-state index in [1.807, 2.05) is 58.0 Å². The normalized spacial score (nSPS) is 21.4. The standard InChI is InChI=1S/C20H28N2O4/c1-13-11-16(23)22(17(13)18(24)21-20(2,3)4)15(19(25)26-5)12-14-9-7-6-8-10-14/h6-10,13,15,17H,11-12H2,1-5H3,(H,21,24)/t13?,15-,17+/m0/s1. The molecule has 3 atom stereocenters. The van der Waals surface area contributed by atoms with Gasteiger partial charge in [0.05, 0.1) is 7.11 Å². The Hall–Kier alpha value is -2.37. The first kappa shape index (κ1) is 19.9. The maximum Gasteiger partial charge on any atom is 0.328 e. The number of esters is 1. The molecular formula is C20H28N2O4. The molecule has 0 bridgehead atoms. The first-order valence-corrected chi connectivity index (χ1v) is 8.89. The van der Waals surface area contributed by atoms with E-state index in [-0.39, 0.29) is 24.2 Å². The summed E-state index contributed by atoms with van der Waals surface area (Å²) < 4.78 is 4.95. The van der Waals surface area contributed by atoms with E-state index in [2.05, 4.69) is 5.32 Å². The third kappa shape index (κ3) is 4.62. The molecule has 142 valence electrons. The second-order valence-electron chi connectivity index (χ2n) is 7.90. The molecule has 0 aromatic heterocycles. The zero-order valence-corrected chi connectivity index (χ0v) is 16.1. The number of rotatable bonds is 5. The van der Waals surface area contributed by atoms with Crippen LogP contribution in [0, 0.1) is 5.92 Å². The van der Waals surface area contributed by atoms with Gasteiger partial charge in [0.15, 0.2) is 0 Å². The SMILES string of the molecule is COC(=O)[C@H](Cc1ccccc1)N1C(=O)CC(C)[C@@H]1C(=O)NC(C)(C)C. The number of likely N-dealkylation sites (tertiary alicyclic amines) is 1. The molecule has 6 nitrogen and oxygen atoms in total. The van der Waals surface area contributed by atoms with Crippen molar-refractivity contribution in [2.24, 2.45) is 5.92 Å². The number of methoxy groups -OCH3 is 1. The molecule has 1 heterocycles. The molecule has 1 fully saturated rings. The van der Waals surface area contributed by atoms with Gasteiger partial charge >= 0.3 is 5.97 Å². The molecule has 6 heteroatoms. The number of nitrogens with zero attached hydrogens (tertiary/aromatic N) is 1. The Bertz CT molecular complexity index is 666. The number of carbonyl (C=O) groups excluding carboxylic acids is 3. The van der Waals surface area contributed by atoms with Gasteiger partial charge < -0.3 is 15.0 Å². The van der Waals surface area contributed by atoms with E-state index in [0.717, 1.165) is 5.56 Å². The fourth-order valence-corrected chi connectivity index (χ4v) is 3.39. The lowest BCUT2D eigenvalue weighted by molar-refractivity contribution is -0.154. The summed E-state index contributed by atoms with van der Waals surface area (Å²) in [6.07, 6.45) is 0.551. The second-order valence-corrected chi connectivity index (χ2v) is 7.90. The van der Waals surface area contributed by atoms with Crippen LogP contribution in [0.15, 0.2) is 30.3 Å². The van der Waals surface area contributed by atoms with Crippen LogP contribution < -0.4 is 5.32 Å². The fourth-order valence-electron chi connectivity index (χ4n) is 3.39. The van der Waals surface area contributed by atoms with Gasteiger partial charge in [-0.15, -0.1) is 0 Å². The molecule has 26 heavy (non-hydrogen) atoms. The van der Waals surface area contributed by atoms with Crippen molar-refractivity contribution in [2.75, 3.05) is 7.11 Å². The smallest absolute Gasteiger partial charge is 0.328 e. The van der Waals surface area contributed by atoms with E-state index in [4.69, 9.17) is 4.74 Å². The number of nitrogens with one attached hydrogen (secondary N) is 1. The summed E-state index contributed by atoms with van der Waals surface area (Å²) in [6.45, 7) is 7.52. The van der Waals surface area contributed by atoms with E-state index in [1.54, 1.807) is 0 Å². The maximum atomic E-state index is 12.8. The summed E-state index contributed by atoms with van der Waals surface area (Å²) in [5.74, 6) is -1.12. The Kier molecular flexibility index (Phi) is 6.05. The summed E-state index contributed by atoms with van der Waals surface area (Å²) in [7, 11) is 1.30. The van der Waals surface area contributed by atoms with Crippen LogP contribution in [-0.2, 0) is 25.5 Å². The summed E-state index contributed by atoms with van der Waals surface area (Å²) >= 11 is 0. The molecule has 1 aliphatic rings. The largest absolute Gasteiger partial charge is 0.467 e. The monoisotopic (exact) mass is 360 g/mol. The Morgan fingerprint density at radius 1 is 1.27 bits per heavy atom. The first-order valence-electron chi connectivity index (χ1n) is 8.89. The van der Waals surface area contributed by atoms with E-state index < -0.39 is 23.6 Å². The number of benzene rings is 1. The van der Waals surface area contributed by atoms with Gasteiger partial charge in [0, 0.05) is 18.4 Å². The van der Waals surface area contributed by atoms with Gasteiger partial charge in [-0.05, 0) is 32.3 Å². The van der Waals surface area contributed by atoms with Crippen molar-refractivity contribution in [1.82, 2.24) is 10.2 Å². The van der Waals surface area contributed by atoms with Gasteiger partial charge in [0.1, 0.15) is 12.1 Å². The lowest BCUT2D eigenvalue weighted by atomic mass is 9.98. The molecule has 0 saturated carbocycles. The summed E-state index contributed by atoms with van der Waals surface area (Å²) in [4.78, 5) is 39.4.